The number of ether oxygens (including phenoxy) is 4. The molecule has 4 heterocycles. The molecular weight excluding hydrogens is 1240 g/mol. The quantitative estimate of drug-likeness (QED) is 0.0323. The molecule has 0 bridgehead atoms. The van der Waals surface area contributed by atoms with E-state index >= 15 is 0 Å². The van der Waals surface area contributed by atoms with E-state index < -0.39 is 84.1 Å². The van der Waals surface area contributed by atoms with Gasteiger partial charge in [-0.1, -0.05) is 112 Å². The lowest BCUT2D eigenvalue weighted by atomic mass is 10.2. The summed E-state index contributed by atoms with van der Waals surface area (Å²) in [4.78, 5) is 103. The highest BCUT2D eigenvalue weighted by Crippen LogP contribution is 2.35. The summed E-state index contributed by atoms with van der Waals surface area (Å²) in [7, 11) is 0. The predicted molar refractivity (Wildman–Crippen MR) is 358 cm³/mol. The van der Waals surface area contributed by atoms with Gasteiger partial charge in [0.1, 0.15) is 63.3 Å². The van der Waals surface area contributed by atoms with Crippen molar-refractivity contribution in [2.45, 2.75) is 143 Å². The first-order chi connectivity index (χ1) is 46.3. The first-order valence-corrected chi connectivity index (χ1v) is 32.9. The molecule has 0 saturated carbocycles. The van der Waals surface area contributed by atoms with E-state index in [9.17, 15) is 59.4 Å². The number of carbonyl (C=O) groups excluding carboxylic acids is 2. The zero-order chi connectivity index (χ0) is 69.0. The first kappa shape index (κ1) is 73.1. The average molecular weight is 1340 g/mol. The molecule has 0 aliphatic carbocycles. The SMILES string of the molecule is CCCCN(CC(O)COc1ccccc1OCc1ccccc1)CC(O)Cn1c(=O)c2c(n(CC)c1=O)N(OC(=O)C(O)C(O)C(=O)ON1CN(CC)c3c1n(CC)c(=O)n(CC(O)CN(CCCC)CC(O)COc1ccccc1OCc1ccccc1)c3=O)CN2CC. The number of aliphatic hydroxyl groups is 6. The Bertz CT molecular complexity index is 3500. The van der Waals surface area contributed by atoms with Gasteiger partial charge >= 0.3 is 23.3 Å². The number of anilines is 4. The second-order valence-electron chi connectivity index (χ2n) is 23.6. The number of fused-ring (bicyclic) bond motifs is 2. The van der Waals surface area contributed by atoms with E-state index in [-0.39, 0.29) is 102 Å². The van der Waals surface area contributed by atoms with Gasteiger partial charge in [0.25, 0.3) is 11.1 Å². The van der Waals surface area contributed by atoms with Crippen LogP contribution < -0.4 is 61.4 Å². The van der Waals surface area contributed by atoms with Crippen LogP contribution in [0.2, 0.25) is 0 Å². The molecular formula is C68H92N10O18. The van der Waals surface area contributed by atoms with E-state index in [1.165, 1.54) is 9.80 Å². The maximum absolute atomic E-state index is 14.4. The number of benzene rings is 4. The monoisotopic (exact) mass is 1340 g/mol. The number of hydrogen-bond acceptors (Lipinski definition) is 24. The van der Waals surface area contributed by atoms with Crippen LogP contribution in [-0.2, 0) is 58.7 Å². The summed E-state index contributed by atoms with van der Waals surface area (Å²) in [5.74, 6) is -1.61. The molecule has 0 amide bonds. The molecule has 28 nitrogen and oxygen atoms in total. The molecule has 6 aromatic rings. The zero-order valence-electron chi connectivity index (χ0n) is 55.5. The van der Waals surface area contributed by atoms with Crippen LogP contribution in [0.5, 0.6) is 23.0 Å². The minimum atomic E-state index is -2.62. The van der Waals surface area contributed by atoms with Crippen molar-refractivity contribution >= 4 is 34.9 Å². The lowest BCUT2D eigenvalue weighted by molar-refractivity contribution is -0.174. The van der Waals surface area contributed by atoms with Crippen molar-refractivity contribution in [3.8, 4) is 23.0 Å². The normalized spacial score (nSPS) is 14.7. The number of para-hydroxylation sites is 4. The molecule has 0 radical (unpaired) electrons. The van der Waals surface area contributed by atoms with Crippen molar-refractivity contribution in [3.05, 3.63) is 162 Å². The molecule has 0 saturated heterocycles. The maximum Gasteiger partial charge on any atom is 0.364 e. The molecule has 0 fully saturated rings. The number of hydrogen-bond donors (Lipinski definition) is 6. The minimum Gasteiger partial charge on any atom is -0.487 e. The smallest absolute Gasteiger partial charge is 0.364 e. The number of hydroxylamine groups is 2. The highest BCUT2D eigenvalue weighted by Gasteiger charge is 2.43. The van der Waals surface area contributed by atoms with Gasteiger partial charge in [-0.05, 0) is 89.0 Å². The fourth-order valence-corrected chi connectivity index (χ4v) is 11.5. The molecule has 2 aliphatic rings. The van der Waals surface area contributed by atoms with Crippen molar-refractivity contribution < 1.29 is 68.9 Å². The van der Waals surface area contributed by atoms with Crippen LogP contribution in [0.1, 0.15) is 78.4 Å². The lowest BCUT2D eigenvalue weighted by Gasteiger charge is -2.28. The van der Waals surface area contributed by atoms with E-state index in [1.807, 2.05) is 96.4 Å². The standard InChI is InChI=1S/C68H92N10O18/c1-7-13-33-69(37-51(81)43-93-55-31-23-21-29-53(55)91-41-47-25-17-15-18-26-47)35-49(79)39-75-63(85)57-61(73(11-5)67(75)89)77(45-71(57)9-3)95-65(87)59(83)60(84)66(88)96-78-46-72(10-4)58-62(78)74(12-6)68(90)76(64(58)86)40-50(80)36-70(34-14-8-2)38-52(82)44-94-56-32-24-22-30-54(56)92-42-48-27-19-16-20-28-48/h15-32,49-52,59-60,79-84H,7-14,33-46H2,1-6H3. The summed E-state index contributed by atoms with van der Waals surface area (Å²) < 4.78 is 28.1. The van der Waals surface area contributed by atoms with E-state index in [0.29, 0.717) is 62.1 Å². The Balaban J connectivity index is 0.888. The highest BCUT2D eigenvalue weighted by atomic mass is 16.7. The van der Waals surface area contributed by atoms with Crippen LogP contribution in [0, 0.1) is 0 Å². The van der Waals surface area contributed by atoms with Crippen LogP contribution in [0.4, 0.5) is 23.0 Å². The van der Waals surface area contributed by atoms with Gasteiger partial charge in [0.15, 0.2) is 46.8 Å². The second-order valence-corrected chi connectivity index (χ2v) is 23.6. The minimum absolute atomic E-state index is 0.0349. The summed E-state index contributed by atoms with van der Waals surface area (Å²) in [5, 5.41) is 69.7. The number of carbonyl (C=O) groups is 2. The number of rotatable bonds is 39. The predicted octanol–water partition coefficient (Wildman–Crippen LogP) is 2.88. The molecule has 8 rings (SSSR count). The van der Waals surface area contributed by atoms with Crippen LogP contribution in [0.15, 0.2) is 128 Å². The van der Waals surface area contributed by atoms with Crippen LogP contribution in [-0.4, -0.2) is 186 Å². The molecule has 4 aromatic carbocycles. The fourth-order valence-electron chi connectivity index (χ4n) is 11.5. The van der Waals surface area contributed by atoms with Gasteiger partial charge in [-0.25, -0.2) is 19.2 Å². The Labute approximate surface area is 556 Å². The number of unbranched alkanes of at least 4 members (excludes halogenated alkanes) is 2. The third-order valence-corrected chi connectivity index (χ3v) is 16.4. The fraction of sp³-hybridized carbons (Fsp3) is 0.500. The molecule has 96 heavy (non-hydrogen) atoms. The summed E-state index contributed by atoms with van der Waals surface area (Å²) in [6.45, 7) is 10.7. The van der Waals surface area contributed by atoms with Crippen LogP contribution in [0.25, 0.3) is 0 Å². The van der Waals surface area contributed by atoms with E-state index in [4.69, 9.17) is 28.6 Å². The van der Waals surface area contributed by atoms with Gasteiger partial charge in [0.2, 0.25) is 0 Å². The highest BCUT2D eigenvalue weighted by molar-refractivity contribution is 5.87. The average Bonchev–Trinajstić information content (AvgIpc) is 1.56. The molecule has 6 unspecified atom stereocenters. The number of aromatic nitrogens is 4. The summed E-state index contributed by atoms with van der Waals surface area (Å²) in [6, 6.07) is 33.5. The molecule has 522 valence electrons. The van der Waals surface area contributed by atoms with Gasteiger partial charge in [-0.2, -0.15) is 10.1 Å². The molecule has 0 spiro atoms. The summed E-state index contributed by atoms with van der Waals surface area (Å²) in [5.41, 5.74) is -1.58. The van der Waals surface area contributed by atoms with E-state index in [2.05, 4.69) is 0 Å². The van der Waals surface area contributed by atoms with Crippen molar-refractivity contribution in [2.24, 2.45) is 0 Å². The van der Waals surface area contributed by atoms with Crippen molar-refractivity contribution in [3.63, 3.8) is 0 Å². The van der Waals surface area contributed by atoms with Gasteiger partial charge in [-0.3, -0.25) is 37.7 Å². The third-order valence-electron chi connectivity index (χ3n) is 16.4. The van der Waals surface area contributed by atoms with Crippen LogP contribution in [0.3, 0.4) is 0 Å². The molecule has 2 aliphatic heterocycles. The Hall–Kier alpha value is -8.74. The largest absolute Gasteiger partial charge is 0.487 e. The molecule has 2 aromatic heterocycles. The Morgan fingerprint density at radius 1 is 0.438 bits per heavy atom. The number of nitrogens with zero attached hydrogens (tertiary/aromatic N) is 10. The maximum atomic E-state index is 14.4. The Kier molecular flexibility index (Phi) is 26.9. The van der Waals surface area contributed by atoms with Crippen molar-refractivity contribution in [1.29, 1.82) is 0 Å². The van der Waals surface area contributed by atoms with Crippen molar-refractivity contribution in [1.82, 2.24) is 28.1 Å². The molecule has 28 heteroatoms. The van der Waals surface area contributed by atoms with E-state index in [0.717, 1.165) is 52.4 Å². The summed E-state index contributed by atoms with van der Waals surface area (Å²) >= 11 is 0. The van der Waals surface area contributed by atoms with Crippen molar-refractivity contribution in [2.75, 3.05) is 98.8 Å². The second kappa shape index (κ2) is 35.3. The Morgan fingerprint density at radius 2 is 0.771 bits per heavy atom. The third kappa shape index (κ3) is 18.4. The topological polar surface area (TPSA) is 318 Å². The van der Waals surface area contributed by atoms with Gasteiger partial charge in [0.05, 0.1) is 25.3 Å². The van der Waals surface area contributed by atoms with Gasteiger partial charge < -0.3 is 69.1 Å². The van der Waals surface area contributed by atoms with Crippen LogP contribution >= 0.6 is 0 Å². The van der Waals surface area contributed by atoms with Gasteiger partial charge in [0, 0.05) is 52.4 Å². The summed E-state index contributed by atoms with van der Waals surface area (Å²) in [6.07, 6.45) is -6.80. The molecule has 6 N–H and O–H groups in total. The molecule has 6 atom stereocenters. The van der Waals surface area contributed by atoms with E-state index in [1.54, 1.807) is 64.1 Å². The Morgan fingerprint density at radius 3 is 1.10 bits per heavy atom. The number of aliphatic hydroxyl groups excluding tert-OH is 6. The van der Waals surface area contributed by atoms with Gasteiger partial charge in [-0.15, -0.1) is 0 Å². The zero-order valence-corrected chi connectivity index (χ0v) is 55.5. The lowest BCUT2D eigenvalue weighted by Crippen LogP contribution is -2.48. The first-order valence-electron chi connectivity index (χ1n) is 32.9.